The summed E-state index contributed by atoms with van der Waals surface area (Å²) >= 11 is 0. The standard InChI is InChI=1S/C18H25N2/c1-18(2)15-9-5-6-10-16(15)19(3)17(18)11-14-20-12-7-4-8-13-20/h5-6,9-11,14H,4,7-8,12-13H2,1-3H3/q+1. The Labute approximate surface area is 122 Å². The number of benzene rings is 1. The Kier molecular flexibility index (Phi) is 3.41. The van der Waals surface area contributed by atoms with E-state index in [9.17, 15) is 0 Å². The Morgan fingerprint density at radius 3 is 2.50 bits per heavy atom. The predicted octanol–water partition coefficient (Wildman–Crippen LogP) is 3.57. The summed E-state index contributed by atoms with van der Waals surface area (Å²) in [6.45, 7) is 7.07. The van der Waals surface area contributed by atoms with Crippen LogP contribution in [0, 0.1) is 0 Å². The van der Waals surface area contributed by atoms with E-state index in [1.54, 1.807) is 0 Å². The molecule has 0 unspecified atom stereocenters. The lowest BCUT2D eigenvalue weighted by atomic mass is 9.84. The summed E-state index contributed by atoms with van der Waals surface area (Å²) < 4.78 is 2.46. The van der Waals surface area contributed by atoms with Crippen molar-refractivity contribution in [2.24, 2.45) is 0 Å². The minimum absolute atomic E-state index is 0.0949. The van der Waals surface area contributed by atoms with Crippen LogP contribution >= 0.6 is 0 Å². The van der Waals surface area contributed by atoms with E-state index < -0.39 is 0 Å². The smallest absolute Gasteiger partial charge is 0.165 e. The van der Waals surface area contributed by atoms with Gasteiger partial charge in [0, 0.05) is 42.8 Å². The highest BCUT2D eigenvalue weighted by Gasteiger charge is 2.38. The van der Waals surface area contributed by atoms with Gasteiger partial charge in [-0.2, -0.15) is 0 Å². The highest BCUT2D eigenvalue weighted by atomic mass is 15.2. The number of hydrogen-bond acceptors (Lipinski definition) is 1. The molecule has 0 spiro atoms. The number of piperidine rings is 1. The van der Waals surface area contributed by atoms with Gasteiger partial charge in [0.25, 0.3) is 0 Å². The van der Waals surface area contributed by atoms with Crippen molar-refractivity contribution >= 4 is 11.9 Å². The maximum Gasteiger partial charge on any atom is 0.165 e. The zero-order valence-corrected chi connectivity index (χ0v) is 12.9. The lowest BCUT2D eigenvalue weighted by Crippen LogP contribution is -2.25. The Bertz CT molecular complexity index is 559. The molecule has 2 heteroatoms. The fourth-order valence-corrected chi connectivity index (χ4v) is 3.55. The summed E-state index contributed by atoms with van der Waals surface area (Å²) in [6.07, 6.45) is 8.68. The first-order valence-corrected chi connectivity index (χ1v) is 7.73. The number of para-hydroxylation sites is 1. The van der Waals surface area contributed by atoms with Crippen LogP contribution in [0.25, 0.3) is 0 Å². The van der Waals surface area contributed by atoms with E-state index in [1.807, 2.05) is 0 Å². The van der Waals surface area contributed by atoms with Crippen LogP contribution in [-0.2, 0) is 5.41 Å². The average Bonchev–Trinajstić information content (AvgIpc) is 2.66. The van der Waals surface area contributed by atoms with Gasteiger partial charge in [-0.05, 0) is 18.1 Å². The number of allylic oxidation sites excluding steroid dienone is 2. The molecule has 1 fully saturated rings. The van der Waals surface area contributed by atoms with E-state index in [0.717, 1.165) is 0 Å². The third-order valence-corrected chi connectivity index (χ3v) is 4.77. The minimum atomic E-state index is 0.0949. The highest BCUT2D eigenvalue weighted by Crippen LogP contribution is 2.46. The molecule has 1 aromatic carbocycles. The van der Waals surface area contributed by atoms with Crippen molar-refractivity contribution in [3.05, 3.63) is 41.6 Å². The molecule has 20 heavy (non-hydrogen) atoms. The number of rotatable bonds is 1. The van der Waals surface area contributed by atoms with E-state index in [0.29, 0.717) is 0 Å². The van der Waals surface area contributed by atoms with Gasteiger partial charge in [0.1, 0.15) is 13.1 Å². The summed E-state index contributed by atoms with van der Waals surface area (Å²) in [7, 11) is 2.18. The second-order valence-electron chi connectivity index (χ2n) is 6.50. The van der Waals surface area contributed by atoms with Gasteiger partial charge in [-0.15, -0.1) is 0 Å². The van der Waals surface area contributed by atoms with Crippen molar-refractivity contribution < 1.29 is 4.58 Å². The molecule has 0 saturated carbocycles. The number of anilines is 1. The first-order valence-electron chi connectivity index (χ1n) is 7.73. The molecule has 1 saturated heterocycles. The molecule has 0 aromatic heterocycles. The van der Waals surface area contributed by atoms with Crippen LogP contribution in [0.3, 0.4) is 0 Å². The summed E-state index contributed by atoms with van der Waals surface area (Å²) in [5, 5.41) is 0. The first-order chi connectivity index (χ1) is 9.60. The fraction of sp³-hybridized carbons (Fsp3) is 0.500. The van der Waals surface area contributed by atoms with Gasteiger partial charge in [-0.1, -0.05) is 32.0 Å². The van der Waals surface area contributed by atoms with Gasteiger partial charge in [0.2, 0.25) is 0 Å². The summed E-state index contributed by atoms with van der Waals surface area (Å²) in [4.78, 5) is 2.34. The maximum atomic E-state index is 2.46. The Morgan fingerprint density at radius 1 is 1.10 bits per heavy atom. The van der Waals surface area contributed by atoms with Crippen LogP contribution < -0.4 is 4.90 Å². The van der Waals surface area contributed by atoms with Crippen molar-refractivity contribution in [1.82, 2.24) is 0 Å². The van der Waals surface area contributed by atoms with Crippen LogP contribution in [0.15, 0.2) is 36.0 Å². The van der Waals surface area contributed by atoms with Crippen LogP contribution in [0.5, 0.6) is 0 Å². The molecule has 0 N–H and O–H groups in total. The Hall–Kier alpha value is -1.57. The summed E-state index contributed by atoms with van der Waals surface area (Å²) in [5.41, 5.74) is 4.26. The number of hydrogen-bond donors (Lipinski definition) is 0. The molecule has 2 nitrogen and oxygen atoms in total. The maximum absolute atomic E-state index is 2.46. The molecule has 0 aliphatic carbocycles. The second kappa shape index (κ2) is 5.08. The van der Waals surface area contributed by atoms with Crippen LogP contribution in [0.4, 0.5) is 5.69 Å². The molecule has 1 aromatic rings. The second-order valence-corrected chi connectivity index (χ2v) is 6.50. The SMILES string of the molecule is CN1C(=CC=[N+]2CCCCC2)C(C)(C)c2ccccc21. The minimum Gasteiger partial charge on any atom is -0.347 e. The third kappa shape index (κ3) is 2.17. The summed E-state index contributed by atoms with van der Waals surface area (Å²) in [5.74, 6) is 0. The normalized spacial score (nSPS) is 23.1. The third-order valence-electron chi connectivity index (χ3n) is 4.77. The monoisotopic (exact) mass is 269 g/mol. The zero-order chi connectivity index (χ0) is 14.2. The van der Waals surface area contributed by atoms with Crippen LogP contribution in [0.1, 0.15) is 38.7 Å². The van der Waals surface area contributed by atoms with Gasteiger partial charge < -0.3 is 4.90 Å². The molecular formula is C18H25N2+. The molecule has 2 aliphatic heterocycles. The van der Waals surface area contributed by atoms with Gasteiger partial charge in [0.15, 0.2) is 6.21 Å². The molecule has 2 aliphatic rings. The number of nitrogens with zero attached hydrogens (tertiary/aromatic N) is 2. The van der Waals surface area contributed by atoms with E-state index in [2.05, 4.69) is 66.9 Å². The van der Waals surface area contributed by atoms with E-state index >= 15 is 0 Å². The molecule has 3 rings (SSSR count). The molecule has 0 atom stereocenters. The molecule has 0 amide bonds. The van der Waals surface area contributed by atoms with Crippen molar-refractivity contribution in [3.8, 4) is 0 Å². The lowest BCUT2D eigenvalue weighted by Gasteiger charge is -2.23. The van der Waals surface area contributed by atoms with Crippen molar-refractivity contribution in [2.45, 2.75) is 38.5 Å². The van der Waals surface area contributed by atoms with Crippen molar-refractivity contribution in [1.29, 1.82) is 0 Å². The van der Waals surface area contributed by atoms with Crippen LogP contribution in [0.2, 0.25) is 0 Å². The Morgan fingerprint density at radius 2 is 1.80 bits per heavy atom. The fourth-order valence-electron chi connectivity index (χ4n) is 3.55. The molecule has 2 heterocycles. The lowest BCUT2D eigenvalue weighted by molar-refractivity contribution is -0.532. The summed E-state index contributed by atoms with van der Waals surface area (Å²) in [6, 6.07) is 8.75. The molecule has 0 bridgehead atoms. The number of fused-ring (bicyclic) bond motifs is 1. The molecule has 0 radical (unpaired) electrons. The van der Waals surface area contributed by atoms with Gasteiger partial charge in [-0.25, -0.2) is 4.58 Å². The van der Waals surface area contributed by atoms with E-state index in [-0.39, 0.29) is 5.41 Å². The van der Waals surface area contributed by atoms with E-state index in [1.165, 1.54) is 49.3 Å². The first kappa shape index (κ1) is 13.4. The van der Waals surface area contributed by atoms with Gasteiger partial charge >= 0.3 is 0 Å². The van der Waals surface area contributed by atoms with E-state index in [4.69, 9.17) is 0 Å². The highest BCUT2D eigenvalue weighted by molar-refractivity contribution is 5.77. The molecular weight excluding hydrogens is 244 g/mol. The topological polar surface area (TPSA) is 6.25 Å². The predicted molar refractivity (Wildman–Crippen MR) is 85.9 cm³/mol. The quantitative estimate of drug-likeness (QED) is 0.707. The van der Waals surface area contributed by atoms with Gasteiger partial charge in [0.05, 0.1) is 0 Å². The average molecular weight is 269 g/mol. The Balaban J connectivity index is 1.95. The van der Waals surface area contributed by atoms with Crippen molar-refractivity contribution in [2.75, 3.05) is 25.0 Å². The largest absolute Gasteiger partial charge is 0.347 e. The van der Waals surface area contributed by atoms with Gasteiger partial charge in [-0.3, -0.25) is 0 Å². The zero-order valence-electron chi connectivity index (χ0n) is 12.9. The molecule has 106 valence electrons. The van der Waals surface area contributed by atoms with Crippen LogP contribution in [-0.4, -0.2) is 30.9 Å². The number of likely N-dealkylation sites (N-methyl/N-ethyl adjacent to an activating group) is 1. The van der Waals surface area contributed by atoms with Crippen molar-refractivity contribution in [3.63, 3.8) is 0 Å².